The molecule has 7 nitrogen and oxygen atoms in total. The third kappa shape index (κ3) is 2.52. The summed E-state index contributed by atoms with van der Waals surface area (Å²) in [6, 6.07) is 3.83. The molecule has 0 atom stereocenters. The lowest BCUT2D eigenvalue weighted by atomic mass is 10.2. The Labute approximate surface area is 128 Å². The second-order valence-corrected chi connectivity index (χ2v) is 5.28. The van der Waals surface area contributed by atoms with Crippen LogP contribution in [0.5, 0.6) is 0 Å². The minimum atomic E-state index is -0.0688. The predicted octanol–water partition coefficient (Wildman–Crippen LogP) is 1.22. The van der Waals surface area contributed by atoms with Crippen LogP contribution in [0.2, 0.25) is 0 Å². The summed E-state index contributed by atoms with van der Waals surface area (Å²) in [6.07, 6.45) is 9.07. The zero-order valence-electron chi connectivity index (χ0n) is 12.8. The number of carbonyl (C=O) groups excluding carboxylic acids is 1. The van der Waals surface area contributed by atoms with Crippen LogP contribution in [-0.4, -0.2) is 42.0 Å². The molecule has 3 aromatic rings. The highest BCUT2D eigenvalue weighted by atomic mass is 16.2. The molecule has 3 heterocycles. The van der Waals surface area contributed by atoms with Crippen molar-refractivity contribution in [1.82, 2.24) is 29.0 Å². The van der Waals surface area contributed by atoms with Gasteiger partial charge in [-0.3, -0.25) is 14.2 Å². The number of aryl methyl sites for hydroxylation is 2. The summed E-state index contributed by atoms with van der Waals surface area (Å²) in [6.45, 7) is 0.507. The second kappa shape index (κ2) is 5.51. The van der Waals surface area contributed by atoms with Crippen molar-refractivity contribution in [2.75, 3.05) is 7.05 Å². The molecule has 0 saturated heterocycles. The Morgan fingerprint density at radius 3 is 2.55 bits per heavy atom. The van der Waals surface area contributed by atoms with E-state index in [-0.39, 0.29) is 5.91 Å². The number of hydrogen-bond acceptors (Lipinski definition) is 3. The molecule has 0 bridgehead atoms. The number of nitrogens with zero attached hydrogens (tertiary/aromatic N) is 6. The standard InChI is InChI=1S/C15H18N6O/c1-18(10-12-8-16-19(2)11-12)15(22)13-9-17-20(3)14(13)21-6-4-5-7-21/h4-9,11H,10H2,1-3H3. The van der Waals surface area contributed by atoms with Gasteiger partial charge in [0.1, 0.15) is 11.4 Å². The quantitative estimate of drug-likeness (QED) is 0.727. The van der Waals surface area contributed by atoms with Gasteiger partial charge in [-0.2, -0.15) is 10.2 Å². The minimum absolute atomic E-state index is 0.0688. The van der Waals surface area contributed by atoms with Crippen LogP contribution < -0.4 is 0 Å². The van der Waals surface area contributed by atoms with Crippen molar-refractivity contribution in [3.8, 4) is 5.82 Å². The van der Waals surface area contributed by atoms with E-state index >= 15 is 0 Å². The Morgan fingerprint density at radius 2 is 1.91 bits per heavy atom. The van der Waals surface area contributed by atoms with Crippen molar-refractivity contribution < 1.29 is 4.79 Å². The maximum atomic E-state index is 12.7. The first-order valence-electron chi connectivity index (χ1n) is 6.94. The smallest absolute Gasteiger partial charge is 0.259 e. The maximum Gasteiger partial charge on any atom is 0.259 e. The van der Waals surface area contributed by atoms with E-state index in [2.05, 4.69) is 10.2 Å². The van der Waals surface area contributed by atoms with Gasteiger partial charge in [0.25, 0.3) is 5.91 Å². The normalized spacial score (nSPS) is 10.9. The van der Waals surface area contributed by atoms with Crippen LogP contribution in [0.3, 0.4) is 0 Å². The molecule has 0 radical (unpaired) electrons. The zero-order chi connectivity index (χ0) is 15.7. The molecule has 0 saturated carbocycles. The van der Waals surface area contributed by atoms with E-state index in [0.717, 1.165) is 11.4 Å². The summed E-state index contributed by atoms with van der Waals surface area (Å²) in [5.41, 5.74) is 1.56. The molecule has 1 amide bonds. The van der Waals surface area contributed by atoms with Crippen molar-refractivity contribution >= 4 is 5.91 Å². The summed E-state index contributed by atoms with van der Waals surface area (Å²) >= 11 is 0. The molecule has 0 spiro atoms. The summed E-state index contributed by atoms with van der Waals surface area (Å²) in [7, 11) is 5.46. The molecule has 114 valence electrons. The van der Waals surface area contributed by atoms with E-state index in [0.29, 0.717) is 12.1 Å². The number of hydrogen-bond donors (Lipinski definition) is 0. The topological polar surface area (TPSA) is 60.9 Å². The molecule has 0 aliphatic carbocycles. The van der Waals surface area contributed by atoms with Crippen LogP contribution in [0.1, 0.15) is 15.9 Å². The summed E-state index contributed by atoms with van der Waals surface area (Å²) in [5.74, 6) is 0.689. The summed E-state index contributed by atoms with van der Waals surface area (Å²) in [5, 5.41) is 8.34. The molecule has 0 aliphatic rings. The summed E-state index contributed by atoms with van der Waals surface area (Å²) < 4.78 is 5.31. The molecular formula is C15H18N6O. The number of rotatable bonds is 4. The van der Waals surface area contributed by atoms with Crippen LogP contribution in [0, 0.1) is 0 Å². The monoisotopic (exact) mass is 298 g/mol. The van der Waals surface area contributed by atoms with Crippen LogP contribution in [-0.2, 0) is 20.6 Å². The van der Waals surface area contributed by atoms with Gasteiger partial charge in [-0.15, -0.1) is 0 Å². The first-order valence-corrected chi connectivity index (χ1v) is 6.94. The molecule has 0 aliphatic heterocycles. The molecular weight excluding hydrogens is 280 g/mol. The van der Waals surface area contributed by atoms with Crippen LogP contribution in [0.25, 0.3) is 5.82 Å². The van der Waals surface area contributed by atoms with Crippen molar-refractivity contribution in [1.29, 1.82) is 0 Å². The average molecular weight is 298 g/mol. The molecule has 0 fully saturated rings. The van der Waals surface area contributed by atoms with Gasteiger partial charge in [0.15, 0.2) is 0 Å². The molecule has 7 heteroatoms. The number of aromatic nitrogens is 5. The maximum absolute atomic E-state index is 12.7. The highest BCUT2D eigenvalue weighted by molar-refractivity contribution is 5.96. The van der Waals surface area contributed by atoms with Gasteiger partial charge in [0.2, 0.25) is 0 Å². The molecule has 0 N–H and O–H groups in total. The van der Waals surface area contributed by atoms with Gasteiger partial charge in [-0.25, -0.2) is 0 Å². The third-order valence-electron chi connectivity index (χ3n) is 3.51. The van der Waals surface area contributed by atoms with E-state index in [1.54, 1.807) is 33.7 Å². The van der Waals surface area contributed by atoms with Crippen molar-refractivity contribution in [2.24, 2.45) is 14.1 Å². The molecule has 3 rings (SSSR count). The van der Waals surface area contributed by atoms with Crippen LogP contribution in [0.4, 0.5) is 0 Å². The Balaban J connectivity index is 1.86. The fourth-order valence-corrected chi connectivity index (χ4v) is 2.47. The Bertz CT molecular complexity index is 783. The second-order valence-electron chi connectivity index (χ2n) is 5.28. The molecule has 0 unspecified atom stereocenters. The van der Waals surface area contributed by atoms with Gasteiger partial charge in [-0.05, 0) is 12.1 Å². The lowest BCUT2D eigenvalue weighted by Gasteiger charge is -2.16. The average Bonchev–Trinajstić information content (AvgIpc) is 3.19. The van der Waals surface area contributed by atoms with Gasteiger partial charge in [-0.1, -0.05) is 0 Å². The van der Waals surface area contributed by atoms with Gasteiger partial charge < -0.3 is 9.47 Å². The zero-order valence-corrected chi connectivity index (χ0v) is 12.8. The fourth-order valence-electron chi connectivity index (χ4n) is 2.47. The Kier molecular flexibility index (Phi) is 3.54. The Hall–Kier alpha value is -2.83. The highest BCUT2D eigenvalue weighted by Crippen LogP contribution is 2.16. The van der Waals surface area contributed by atoms with E-state index in [4.69, 9.17) is 0 Å². The van der Waals surface area contributed by atoms with Crippen molar-refractivity contribution in [2.45, 2.75) is 6.54 Å². The van der Waals surface area contributed by atoms with Crippen molar-refractivity contribution in [3.63, 3.8) is 0 Å². The third-order valence-corrected chi connectivity index (χ3v) is 3.51. The predicted molar refractivity (Wildman–Crippen MR) is 81.5 cm³/mol. The van der Waals surface area contributed by atoms with E-state index in [1.807, 2.05) is 49.4 Å². The minimum Gasteiger partial charge on any atom is -0.337 e. The summed E-state index contributed by atoms with van der Waals surface area (Å²) in [4.78, 5) is 14.4. The van der Waals surface area contributed by atoms with Gasteiger partial charge in [0.05, 0.1) is 12.4 Å². The van der Waals surface area contributed by atoms with Gasteiger partial charge in [0, 0.05) is 51.8 Å². The van der Waals surface area contributed by atoms with Gasteiger partial charge >= 0.3 is 0 Å². The largest absolute Gasteiger partial charge is 0.337 e. The Morgan fingerprint density at radius 1 is 1.18 bits per heavy atom. The molecule has 22 heavy (non-hydrogen) atoms. The first kappa shape index (κ1) is 14.1. The van der Waals surface area contributed by atoms with Crippen LogP contribution >= 0.6 is 0 Å². The highest BCUT2D eigenvalue weighted by Gasteiger charge is 2.21. The number of carbonyl (C=O) groups is 1. The van der Waals surface area contributed by atoms with Crippen molar-refractivity contribution in [3.05, 3.63) is 54.2 Å². The lowest BCUT2D eigenvalue weighted by molar-refractivity contribution is 0.0785. The fraction of sp³-hybridized carbons (Fsp3) is 0.267. The van der Waals surface area contributed by atoms with E-state index in [9.17, 15) is 4.79 Å². The molecule has 0 aromatic carbocycles. The van der Waals surface area contributed by atoms with E-state index in [1.165, 1.54) is 0 Å². The lowest BCUT2D eigenvalue weighted by Crippen LogP contribution is -2.27. The SMILES string of the molecule is CN(Cc1cnn(C)c1)C(=O)c1cnn(C)c1-n1cccc1. The van der Waals surface area contributed by atoms with E-state index < -0.39 is 0 Å². The number of amides is 1. The first-order chi connectivity index (χ1) is 10.6. The van der Waals surface area contributed by atoms with Crippen LogP contribution in [0.15, 0.2) is 43.1 Å². The molecule has 3 aromatic heterocycles.